The van der Waals surface area contributed by atoms with Gasteiger partial charge in [0.15, 0.2) is 0 Å². The molecule has 0 saturated carbocycles. The van der Waals surface area contributed by atoms with Crippen LogP contribution in [0.3, 0.4) is 0 Å². The summed E-state index contributed by atoms with van der Waals surface area (Å²) in [6, 6.07) is 0. The van der Waals surface area contributed by atoms with Crippen molar-refractivity contribution in [3.05, 3.63) is 0 Å². The van der Waals surface area contributed by atoms with Crippen molar-refractivity contribution >= 4 is 11.6 Å². The lowest BCUT2D eigenvalue weighted by molar-refractivity contribution is -0.181. The second-order valence-corrected chi connectivity index (χ2v) is 1.93. The van der Waals surface area contributed by atoms with Crippen LogP contribution in [0.2, 0.25) is 0 Å². The highest BCUT2D eigenvalue weighted by Gasteiger charge is 2.35. The van der Waals surface area contributed by atoms with Gasteiger partial charge in [0, 0.05) is 0 Å². The van der Waals surface area contributed by atoms with Crippen LogP contribution < -0.4 is 0 Å². The first kappa shape index (κ1) is 7.33. The molecule has 56 valence electrons. The summed E-state index contributed by atoms with van der Waals surface area (Å²) in [5.74, 6) is -2.07. The van der Waals surface area contributed by atoms with Crippen molar-refractivity contribution < 1.29 is 24.5 Å². The quantitative estimate of drug-likeness (QED) is 0.380. The molecule has 1 unspecified atom stereocenters. The first-order valence-electron chi connectivity index (χ1n) is 2.68. The monoisotopic (exact) mass is 146 g/mol. The zero-order chi connectivity index (χ0) is 7.72. The number of ether oxygens (including phenoxy) is 1. The van der Waals surface area contributed by atoms with Crippen LogP contribution in [0.1, 0.15) is 0 Å². The summed E-state index contributed by atoms with van der Waals surface area (Å²) in [5, 5.41) is 17.2. The predicted molar refractivity (Wildman–Crippen MR) is 28.0 cm³/mol. The molecule has 5 heteroatoms. The molecule has 10 heavy (non-hydrogen) atoms. The fourth-order valence-corrected chi connectivity index (χ4v) is 0.620. The molecule has 2 atom stereocenters. The van der Waals surface area contributed by atoms with Crippen molar-refractivity contribution in [2.24, 2.45) is 0 Å². The van der Waals surface area contributed by atoms with Crippen molar-refractivity contribution in [2.75, 3.05) is 6.61 Å². The summed E-state index contributed by atoms with van der Waals surface area (Å²) in [7, 11) is 0. The van der Waals surface area contributed by atoms with Crippen LogP contribution >= 0.6 is 0 Å². The average Bonchev–Trinajstić information content (AvgIpc) is 1.93. The molecule has 0 aromatic carbocycles. The third-order valence-corrected chi connectivity index (χ3v) is 1.18. The standard InChI is InChI=1S/C5H6O5/c6-2-1-10-5(9)4(8)3(2)7/h2,5-6,9H,1H2/t2-,5?/m1/s1. The van der Waals surface area contributed by atoms with Crippen molar-refractivity contribution in [1.29, 1.82) is 0 Å². The largest absolute Gasteiger partial charge is 0.382 e. The molecular weight excluding hydrogens is 140 g/mol. The van der Waals surface area contributed by atoms with Crippen molar-refractivity contribution in [1.82, 2.24) is 0 Å². The topological polar surface area (TPSA) is 83.8 Å². The van der Waals surface area contributed by atoms with Gasteiger partial charge in [-0.05, 0) is 0 Å². The van der Waals surface area contributed by atoms with Crippen molar-refractivity contribution in [3.63, 3.8) is 0 Å². The van der Waals surface area contributed by atoms with Gasteiger partial charge in [-0.25, -0.2) is 0 Å². The maximum Gasteiger partial charge on any atom is 0.256 e. The Bertz CT molecular complexity index is 155. The lowest BCUT2D eigenvalue weighted by Crippen LogP contribution is -2.46. The summed E-state index contributed by atoms with van der Waals surface area (Å²) in [6.45, 7) is -0.314. The van der Waals surface area contributed by atoms with E-state index in [0.29, 0.717) is 0 Å². The number of hydrogen-bond donors (Lipinski definition) is 2. The predicted octanol–water partition coefficient (Wildman–Crippen LogP) is -2.17. The van der Waals surface area contributed by atoms with Gasteiger partial charge in [0.1, 0.15) is 6.10 Å². The van der Waals surface area contributed by atoms with Gasteiger partial charge in [-0.2, -0.15) is 0 Å². The Hall–Kier alpha value is -0.780. The number of carbonyl (C=O) groups excluding carboxylic acids is 2. The van der Waals surface area contributed by atoms with E-state index in [0.717, 1.165) is 0 Å². The van der Waals surface area contributed by atoms with E-state index in [-0.39, 0.29) is 6.61 Å². The minimum absolute atomic E-state index is 0.314. The molecule has 1 aliphatic heterocycles. The molecule has 1 aliphatic rings. The van der Waals surface area contributed by atoms with Gasteiger partial charge in [-0.15, -0.1) is 0 Å². The molecule has 0 aromatic heterocycles. The van der Waals surface area contributed by atoms with E-state index in [1.807, 2.05) is 0 Å². The number of aliphatic hydroxyl groups excluding tert-OH is 2. The second-order valence-electron chi connectivity index (χ2n) is 1.93. The molecular formula is C5H6O5. The van der Waals surface area contributed by atoms with Crippen molar-refractivity contribution in [2.45, 2.75) is 12.4 Å². The van der Waals surface area contributed by atoms with Gasteiger partial charge < -0.3 is 14.9 Å². The Morgan fingerprint density at radius 3 is 2.40 bits per heavy atom. The highest BCUT2D eigenvalue weighted by atomic mass is 16.6. The normalized spacial score (nSPS) is 34.6. The summed E-state index contributed by atoms with van der Waals surface area (Å²) in [4.78, 5) is 20.9. The second kappa shape index (κ2) is 2.45. The van der Waals surface area contributed by atoms with E-state index in [1.165, 1.54) is 0 Å². The van der Waals surface area contributed by atoms with E-state index in [9.17, 15) is 9.59 Å². The number of rotatable bonds is 0. The third-order valence-electron chi connectivity index (χ3n) is 1.18. The van der Waals surface area contributed by atoms with Gasteiger partial charge in [0.05, 0.1) is 6.61 Å². The summed E-state index contributed by atoms with van der Waals surface area (Å²) >= 11 is 0. The molecule has 0 aliphatic carbocycles. The Labute approximate surface area is 56.2 Å². The summed E-state index contributed by atoms with van der Waals surface area (Å²) in [6.07, 6.45) is -3.09. The van der Waals surface area contributed by atoms with Crippen LogP contribution in [0.4, 0.5) is 0 Å². The molecule has 0 spiro atoms. The Kier molecular flexibility index (Phi) is 1.80. The number of carbonyl (C=O) groups is 2. The van der Waals surface area contributed by atoms with E-state index < -0.39 is 24.0 Å². The molecule has 1 saturated heterocycles. The minimum atomic E-state index is -1.68. The third kappa shape index (κ3) is 1.06. The molecule has 1 heterocycles. The number of aliphatic hydroxyl groups is 2. The van der Waals surface area contributed by atoms with Crippen LogP contribution in [0, 0.1) is 0 Å². The Morgan fingerprint density at radius 2 is 1.90 bits per heavy atom. The van der Waals surface area contributed by atoms with Gasteiger partial charge in [-0.1, -0.05) is 0 Å². The van der Waals surface area contributed by atoms with Crippen LogP contribution in [-0.2, 0) is 14.3 Å². The molecule has 0 amide bonds. The van der Waals surface area contributed by atoms with E-state index in [1.54, 1.807) is 0 Å². The van der Waals surface area contributed by atoms with Gasteiger partial charge in [0.2, 0.25) is 12.1 Å². The smallest absolute Gasteiger partial charge is 0.256 e. The SMILES string of the molecule is O=C1C(=O)[C@H](O)COC1O. The Balaban J connectivity index is 2.70. The fourth-order valence-electron chi connectivity index (χ4n) is 0.620. The van der Waals surface area contributed by atoms with Gasteiger partial charge in [0.25, 0.3) is 5.78 Å². The zero-order valence-corrected chi connectivity index (χ0v) is 4.98. The van der Waals surface area contributed by atoms with E-state index in [4.69, 9.17) is 10.2 Å². The maximum atomic E-state index is 10.5. The maximum absolute atomic E-state index is 10.5. The van der Waals surface area contributed by atoms with Crippen LogP contribution in [0.5, 0.6) is 0 Å². The first-order chi connectivity index (χ1) is 4.63. The first-order valence-corrected chi connectivity index (χ1v) is 2.68. The molecule has 1 fully saturated rings. The number of hydrogen-bond acceptors (Lipinski definition) is 5. The lowest BCUT2D eigenvalue weighted by atomic mass is 10.1. The molecule has 5 nitrogen and oxygen atoms in total. The van der Waals surface area contributed by atoms with Crippen LogP contribution in [0.25, 0.3) is 0 Å². The average molecular weight is 146 g/mol. The molecule has 2 N–H and O–H groups in total. The summed E-state index contributed by atoms with van der Waals surface area (Å²) in [5.41, 5.74) is 0. The van der Waals surface area contributed by atoms with Crippen LogP contribution in [-0.4, -0.2) is 40.8 Å². The minimum Gasteiger partial charge on any atom is -0.382 e. The highest BCUT2D eigenvalue weighted by Crippen LogP contribution is 2.03. The molecule has 0 aromatic rings. The van der Waals surface area contributed by atoms with E-state index in [2.05, 4.69) is 4.74 Å². The van der Waals surface area contributed by atoms with E-state index >= 15 is 0 Å². The number of Topliss-reactive ketones (excluding diaryl/α,β-unsaturated/α-hetero) is 2. The molecule has 0 bridgehead atoms. The molecule has 1 rings (SSSR count). The zero-order valence-electron chi connectivity index (χ0n) is 4.98. The van der Waals surface area contributed by atoms with Gasteiger partial charge in [-0.3, -0.25) is 9.59 Å². The van der Waals surface area contributed by atoms with Gasteiger partial charge >= 0.3 is 0 Å². The fraction of sp³-hybridized carbons (Fsp3) is 0.600. The van der Waals surface area contributed by atoms with Crippen LogP contribution in [0.15, 0.2) is 0 Å². The molecule has 0 radical (unpaired) electrons. The number of ketones is 2. The summed E-state index contributed by atoms with van der Waals surface area (Å²) < 4.78 is 4.31. The van der Waals surface area contributed by atoms with Crippen molar-refractivity contribution in [3.8, 4) is 0 Å². The Morgan fingerprint density at radius 1 is 1.30 bits per heavy atom. The lowest BCUT2D eigenvalue weighted by Gasteiger charge is -2.18. The highest BCUT2D eigenvalue weighted by molar-refractivity contribution is 6.40.